The van der Waals surface area contributed by atoms with E-state index >= 15 is 0 Å². The van der Waals surface area contributed by atoms with Crippen LogP contribution in [0.2, 0.25) is 0 Å². The minimum atomic E-state index is -1.07. The Labute approximate surface area is 166 Å². The van der Waals surface area contributed by atoms with Crippen LogP contribution in [0.25, 0.3) is 0 Å². The quantitative estimate of drug-likeness (QED) is 0.546. The predicted octanol–water partition coefficient (Wildman–Crippen LogP) is 5.83. The second-order valence-corrected chi connectivity index (χ2v) is 7.89. The van der Waals surface area contributed by atoms with Crippen molar-refractivity contribution in [2.24, 2.45) is 5.92 Å². The minimum absolute atomic E-state index is 0.0293. The summed E-state index contributed by atoms with van der Waals surface area (Å²) in [5.74, 6) is -1.16. The van der Waals surface area contributed by atoms with Gasteiger partial charge in [-0.3, -0.25) is 4.90 Å². The van der Waals surface area contributed by atoms with Crippen molar-refractivity contribution >= 4 is 0 Å². The molecule has 0 bridgehead atoms. The van der Waals surface area contributed by atoms with E-state index < -0.39 is 17.0 Å². The molecule has 0 heterocycles. The van der Waals surface area contributed by atoms with Crippen LogP contribution >= 0.6 is 0 Å². The van der Waals surface area contributed by atoms with Crippen LogP contribution in [0, 0.1) is 28.9 Å². The van der Waals surface area contributed by atoms with E-state index in [0.717, 1.165) is 32.4 Å². The molecular weight excluding hydrogens is 354 g/mol. The lowest BCUT2D eigenvalue weighted by molar-refractivity contribution is 0.188. The van der Waals surface area contributed by atoms with Crippen LogP contribution in [0.15, 0.2) is 48.5 Å². The lowest BCUT2D eigenvalue weighted by Crippen LogP contribution is -2.36. The Balaban J connectivity index is 1.78. The van der Waals surface area contributed by atoms with Crippen LogP contribution in [0.3, 0.4) is 0 Å². The first-order chi connectivity index (χ1) is 13.5. The highest BCUT2D eigenvalue weighted by Crippen LogP contribution is 2.51. The third-order valence-electron chi connectivity index (χ3n) is 6.10. The minimum Gasteiger partial charge on any atom is -0.297 e. The molecule has 0 amide bonds. The summed E-state index contributed by atoms with van der Waals surface area (Å²) >= 11 is 0. The largest absolute Gasteiger partial charge is 0.297 e. The summed E-state index contributed by atoms with van der Waals surface area (Å²) < 4.78 is 29.1. The van der Waals surface area contributed by atoms with Crippen molar-refractivity contribution < 1.29 is 8.78 Å². The van der Waals surface area contributed by atoms with Crippen molar-refractivity contribution in [3.05, 3.63) is 71.3 Å². The van der Waals surface area contributed by atoms with E-state index in [2.05, 4.69) is 36.9 Å². The zero-order valence-electron chi connectivity index (χ0n) is 16.7. The van der Waals surface area contributed by atoms with Gasteiger partial charge >= 0.3 is 0 Å². The molecule has 1 aliphatic carbocycles. The van der Waals surface area contributed by atoms with Gasteiger partial charge in [-0.1, -0.05) is 43.3 Å². The Hall–Kier alpha value is -2.25. The fourth-order valence-corrected chi connectivity index (χ4v) is 4.25. The van der Waals surface area contributed by atoms with E-state index in [0.29, 0.717) is 6.42 Å². The average Bonchev–Trinajstić information content (AvgIpc) is 3.55. The Morgan fingerprint density at radius 3 is 2.29 bits per heavy atom. The summed E-state index contributed by atoms with van der Waals surface area (Å²) in [7, 11) is 0. The molecule has 0 aromatic heterocycles. The maximum atomic E-state index is 14.6. The second-order valence-electron chi connectivity index (χ2n) is 7.89. The van der Waals surface area contributed by atoms with Gasteiger partial charge in [0.1, 0.15) is 11.6 Å². The molecule has 0 N–H and O–H groups in total. The Kier molecular flexibility index (Phi) is 6.46. The molecule has 1 aliphatic rings. The Morgan fingerprint density at radius 2 is 1.75 bits per heavy atom. The first-order valence-corrected chi connectivity index (χ1v) is 10.2. The van der Waals surface area contributed by atoms with Gasteiger partial charge in [-0.25, -0.2) is 8.78 Å². The summed E-state index contributed by atoms with van der Waals surface area (Å²) in [5.41, 5.74) is 0.138. The van der Waals surface area contributed by atoms with Gasteiger partial charge in [0.2, 0.25) is 0 Å². The highest BCUT2D eigenvalue weighted by Gasteiger charge is 2.49. The highest BCUT2D eigenvalue weighted by molar-refractivity contribution is 5.38. The molecule has 148 valence electrons. The molecule has 2 atom stereocenters. The third kappa shape index (κ3) is 4.25. The van der Waals surface area contributed by atoms with Gasteiger partial charge in [0, 0.05) is 18.2 Å². The zero-order chi connectivity index (χ0) is 20.1. The van der Waals surface area contributed by atoms with E-state index in [4.69, 9.17) is 0 Å². The average molecular weight is 382 g/mol. The normalized spacial score (nSPS) is 17.1. The molecule has 2 aromatic rings. The number of nitriles is 1. The SMILES string of the molecule is CCN(Cc1ccccc1)C(C)CCC(C#N)(c1c(F)cccc1F)C1CC1. The van der Waals surface area contributed by atoms with Crippen LogP contribution in [0.5, 0.6) is 0 Å². The standard InChI is InChI=1S/C24H28F2N2/c1-3-28(16-19-8-5-4-6-9-19)18(2)14-15-24(17-27,20-12-13-20)23-21(25)10-7-11-22(23)26/h4-11,18,20H,3,12-16H2,1-2H3. The number of rotatable bonds is 9. The van der Waals surface area contributed by atoms with Crippen LogP contribution in [0.1, 0.15) is 50.7 Å². The lowest BCUT2D eigenvalue weighted by Gasteiger charge is -2.33. The fraction of sp³-hybridized carbons (Fsp3) is 0.458. The maximum Gasteiger partial charge on any atom is 0.130 e. The number of hydrogen-bond donors (Lipinski definition) is 0. The van der Waals surface area contributed by atoms with Gasteiger partial charge < -0.3 is 0 Å². The molecule has 0 radical (unpaired) electrons. The molecule has 4 heteroatoms. The van der Waals surface area contributed by atoms with Crippen LogP contribution in [-0.2, 0) is 12.0 Å². The van der Waals surface area contributed by atoms with E-state index in [1.165, 1.54) is 23.8 Å². The first-order valence-electron chi connectivity index (χ1n) is 10.2. The van der Waals surface area contributed by atoms with Gasteiger partial charge in [0.25, 0.3) is 0 Å². The topological polar surface area (TPSA) is 27.0 Å². The Morgan fingerprint density at radius 1 is 1.11 bits per heavy atom. The Bertz CT molecular complexity index is 806. The lowest BCUT2D eigenvalue weighted by atomic mass is 9.72. The van der Waals surface area contributed by atoms with Crippen molar-refractivity contribution in [2.75, 3.05) is 6.54 Å². The van der Waals surface area contributed by atoms with E-state index in [-0.39, 0.29) is 17.5 Å². The molecule has 2 unspecified atom stereocenters. The zero-order valence-corrected chi connectivity index (χ0v) is 16.7. The van der Waals surface area contributed by atoms with Crippen LogP contribution < -0.4 is 0 Å². The van der Waals surface area contributed by atoms with Gasteiger partial charge in [-0.15, -0.1) is 0 Å². The highest BCUT2D eigenvalue weighted by atomic mass is 19.1. The van der Waals surface area contributed by atoms with Crippen molar-refractivity contribution in [3.63, 3.8) is 0 Å². The summed E-state index contributed by atoms with van der Waals surface area (Å²) in [6.07, 6.45) is 2.91. The molecule has 2 aromatic carbocycles. The van der Waals surface area contributed by atoms with Crippen molar-refractivity contribution in [1.82, 2.24) is 4.90 Å². The molecule has 3 rings (SSSR count). The van der Waals surface area contributed by atoms with Gasteiger partial charge in [-0.2, -0.15) is 5.26 Å². The summed E-state index contributed by atoms with van der Waals surface area (Å²) in [6, 6.07) is 16.7. The van der Waals surface area contributed by atoms with Gasteiger partial charge in [-0.05, 0) is 62.8 Å². The summed E-state index contributed by atoms with van der Waals surface area (Å²) in [4.78, 5) is 2.35. The maximum absolute atomic E-state index is 14.6. The van der Waals surface area contributed by atoms with Gasteiger partial charge in [0.15, 0.2) is 0 Å². The summed E-state index contributed by atoms with van der Waals surface area (Å²) in [5, 5.41) is 10.0. The number of halogens is 2. The van der Waals surface area contributed by atoms with Gasteiger partial charge in [0.05, 0.1) is 11.5 Å². The monoisotopic (exact) mass is 382 g/mol. The van der Waals surface area contributed by atoms with Crippen LogP contribution in [-0.4, -0.2) is 17.5 Å². The van der Waals surface area contributed by atoms with Crippen molar-refractivity contribution in [2.45, 2.75) is 57.5 Å². The van der Waals surface area contributed by atoms with Crippen molar-refractivity contribution in [3.8, 4) is 6.07 Å². The molecule has 1 fully saturated rings. The third-order valence-corrected chi connectivity index (χ3v) is 6.10. The molecule has 1 saturated carbocycles. The molecule has 0 aliphatic heterocycles. The van der Waals surface area contributed by atoms with E-state index in [9.17, 15) is 14.0 Å². The molecule has 0 spiro atoms. The molecular formula is C24H28F2N2. The van der Waals surface area contributed by atoms with E-state index in [1.807, 2.05) is 18.2 Å². The summed E-state index contributed by atoms with van der Waals surface area (Å²) in [6.45, 7) is 5.97. The second kappa shape index (κ2) is 8.84. The number of nitrogens with zero attached hydrogens (tertiary/aromatic N) is 2. The molecule has 2 nitrogen and oxygen atoms in total. The van der Waals surface area contributed by atoms with Crippen molar-refractivity contribution in [1.29, 1.82) is 5.26 Å². The number of benzene rings is 2. The van der Waals surface area contributed by atoms with E-state index in [1.54, 1.807) is 0 Å². The fourth-order valence-electron chi connectivity index (χ4n) is 4.25. The molecule has 28 heavy (non-hydrogen) atoms. The number of hydrogen-bond acceptors (Lipinski definition) is 2. The predicted molar refractivity (Wildman–Crippen MR) is 108 cm³/mol. The smallest absolute Gasteiger partial charge is 0.130 e. The molecule has 0 saturated heterocycles. The first kappa shape index (κ1) is 20.5. The van der Waals surface area contributed by atoms with Crippen LogP contribution in [0.4, 0.5) is 8.78 Å².